The van der Waals surface area contributed by atoms with Crippen LogP contribution in [0.5, 0.6) is 0 Å². The van der Waals surface area contributed by atoms with Gasteiger partial charge in [0.2, 0.25) is 5.91 Å². The van der Waals surface area contributed by atoms with Crippen LogP contribution < -0.4 is 16.4 Å². The molecular formula is C11H17N5O. The number of aliphatic imine (C=N–C) groups is 1. The van der Waals surface area contributed by atoms with Crippen LogP contribution in [0.4, 0.5) is 5.82 Å². The van der Waals surface area contributed by atoms with E-state index in [1.54, 1.807) is 18.3 Å². The van der Waals surface area contributed by atoms with Crippen molar-refractivity contribution in [3.63, 3.8) is 0 Å². The molecule has 0 aliphatic rings. The lowest BCUT2D eigenvalue weighted by Gasteiger charge is -2.07. The summed E-state index contributed by atoms with van der Waals surface area (Å²) in [7, 11) is 0. The molecule has 17 heavy (non-hydrogen) atoms. The van der Waals surface area contributed by atoms with Gasteiger partial charge in [0.1, 0.15) is 12.4 Å². The average Bonchev–Trinajstić information content (AvgIpc) is 2.27. The molecule has 0 unspecified atom stereocenters. The third kappa shape index (κ3) is 5.50. The van der Waals surface area contributed by atoms with Crippen molar-refractivity contribution in [2.24, 2.45) is 10.7 Å². The smallest absolute Gasteiger partial charge is 0.242 e. The SMILES string of the molecule is CC(C)NC(=O)CN=C(N)Nc1ccccn1. The minimum atomic E-state index is -0.161. The number of nitrogens with two attached hydrogens (primary N) is 1. The van der Waals surface area contributed by atoms with Crippen molar-refractivity contribution >= 4 is 17.7 Å². The lowest BCUT2D eigenvalue weighted by Crippen LogP contribution is -2.33. The molecule has 1 aromatic heterocycles. The molecule has 6 heteroatoms. The number of anilines is 1. The van der Waals surface area contributed by atoms with Gasteiger partial charge >= 0.3 is 0 Å². The van der Waals surface area contributed by atoms with E-state index in [1.807, 2.05) is 19.9 Å². The van der Waals surface area contributed by atoms with Crippen LogP contribution in [0.25, 0.3) is 0 Å². The number of pyridine rings is 1. The molecule has 0 atom stereocenters. The number of hydrogen-bond donors (Lipinski definition) is 3. The summed E-state index contributed by atoms with van der Waals surface area (Å²) >= 11 is 0. The van der Waals surface area contributed by atoms with Crippen LogP contribution in [0.1, 0.15) is 13.8 Å². The summed E-state index contributed by atoms with van der Waals surface area (Å²) in [4.78, 5) is 19.2. The Morgan fingerprint density at radius 1 is 1.53 bits per heavy atom. The Labute approximate surface area is 100 Å². The van der Waals surface area contributed by atoms with Gasteiger partial charge in [-0.3, -0.25) is 4.79 Å². The van der Waals surface area contributed by atoms with E-state index in [-0.39, 0.29) is 24.5 Å². The lowest BCUT2D eigenvalue weighted by atomic mass is 10.4. The Bertz CT molecular complexity index is 388. The number of nitrogens with zero attached hydrogens (tertiary/aromatic N) is 2. The first-order chi connectivity index (χ1) is 8.08. The monoisotopic (exact) mass is 235 g/mol. The Kier molecular flexibility index (Phi) is 4.93. The highest BCUT2D eigenvalue weighted by molar-refractivity contribution is 5.93. The van der Waals surface area contributed by atoms with Crippen molar-refractivity contribution in [2.75, 3.05) is 11.9 Å². The van der Waals surface area contributed by atoms with Gasteiger partial charge in [-0.25, -0.2) is 9.98 Å². The van der Waals surface area contributed by atoms with Gasteiger partial charge in [-0.1, -0.05) is 6.07 Å². The highest BCUT2D eigenvalue weighted by atomic mass is 16.1. The third-order valence-electron chi connectivity index (χ3n) is 1.76. The molecule has 0 spiro atoms. The number of nitrogens with one attached hydrogen (secondary N) is 2. The van der Waals surface area contributed by atoms with Crippen LogP contribution in [0.2, 0.25) is 0 Å². The van der Waals surface area contributed by atoms with E-state index >= 15 is 0 Å². The van der Waals surface area contributed by atoms with Crippen LogP contribution >= 0.6 is 0 Å². The van der Waals surface area contributed by atoms with Crippen LogP contribution in [-0.2, 0) is 4.79 Å². The first-order valence-corrected chi connectivity index (χ1v) is 5.35. The van der Waals surface area contributed by atoms with Gasteiger partial charge in [-0.05, 0) is 26.0 Å². The van der Waals surface area contributed by atoms with E-state index < -0.39 is 0 Å². The van der Waals surface area contributed by atoms with Crippen molar-refractivity contribution in [1.82, 2.24) is 10.3 Å². The molecule has 1 rings (SSSR count). The molecule has 1 amide bonds. The second-order valence-corrected chi connectivity index (χ2v) is 3.76. The molecule has 0 fully saturated rings. The topological polar surface area (TPSA) is 92.4 Å². The van der Waals surface area contributed by atoms with Crippen molar-refractivity contribution in [3.05, 3.63) is 24.4 Å². The van der Waals surface area contributed by atoms with Crippen LogP contribution in [-0.4, -0.2) is 29.4 Å². The number of aromatic nitrogens is 1. The zero-order valence-corrected chi connectivity index (χ0v) is 9.97. The Morgan fingerprint density at radius 3 is 2.88 bits per heavy atom. The number of carbonyl (C=O) groups is 1. The molecule has 1 heterocycles. The van der Waals surface area contributed by atoms with Crippen molar-refractivity contribution in [2.45, 2.75) is 19.9 Å². The quantitative estimate of drug-likeness (QED) is 0.518. The molecule has 0 bridgehead atoms. The highest BCUT2D eigenvalue weighted by Gasteiger charge is 2.02. The molecule has 0 saturated heterocycles. The van der Waals surface area contributed by atoms with E-state index in [4.69, 9.17) is 5.73 Å². The van der Waals surface area contributed by atoms with Gasteiger partial charge in [0.15, 0.2) is 5.96 Å². The molecule has 0 saturated carbocycles. The van der Waals surface area contributed by atoms with Gasteiger partial charge in [0.05, 0.1) is 0 Å². The third-order valence-corrected chi connectivity index (χ3v) is 1.76. The Hall–Kier alpha value is -2.11. The molecule has 6 nitrogen and oxygen atoms in total. The fourth-order valence-electron chi connectivity index (χ4n) is 1.13. The highest BCUT2D eigenvalue weighted by Crippen LogP contribution is 1.98. The first kappa shape index (κ1) is 13.0. The maximum absolute atomic E-state index is 11.3. The molecule has 0 radical (unpaired) electrons. The van der Waals surface area contributed by atoms with Crippen molar-refractivity contribution in [1.29, 1.82) is 0 Å². The van der Waals surface area contributed by atoms with Crippen LogP contribution in [0.3, 0.4) is 0 Å². The predicted octanol–water partition coefficient (Wildman–Crippen LogP) is 0.333. The number of carbonyl (C=O) groups excluding carboxylic acids is 1. The van der Waals surface area contributed by atoms with Gasteiger partial charge in [-0.2, -0.15) is 0 Å². The summed E-state index contributed by atoms with van der Waals surface area (Å²) < 4.78 is 0. The summed E-state index contributed by atoms with van der Waals surface area (Å²) in [6.07, 6.45) is 1.64. The first-order valence-electron chi connectivity index (χ1n) is 5.35. The maximum atomic E-state index is 11.3. The summed E-state index contributed by atoms with van der Waals surface area (Å²) in [5.41, 5.74) is 5.60. The molecule has 0 aromatic carbocycles. The Balaban J connectivity index is 2.42. The lowest BCUT2D eigenvalue weighted by molar-refractivity contribution is -0.120. The number of amides is 1. The zero-order chi connectivity index (χ0) is 12.7. The van der Waals surface area contributed by atoms with Crippen molar-refractivity contribution < 1.29 is 4.79 Å². The normalized spacial score (nSPS) is 11.4. The summed E-state index contributed by atoms with van der Waals surface area (Å²) in [6, 6.07) is 5.49. The van der Waals surface area contributed by atoms with E-state index in [0.29, 0.717) is 5.82 Å². The molecule has 1 aromatic rings. The van der Waals surface area contributed by atoms with Crippen LogP contribution in [0, 0.1) is 0 Å². The fourth-order valence-corrected chi connectivity index (χ4v) is 1.13. The number of hydrogen-bond acceptors (Lipinski definition) is 3. The molecule has 0 aliphatic carbocycles. The number of guanidine groups is 1. The minimum Gasteiger partial charge on any atom is -0.370 e. The number of rotatable bonds is 4. The molecule has 0 aliphatic heterocycles. The van der Waals surface area contributed by atoms with Gasteiger partial charge in [0.25, 0.3) is 0 Å². The van der Waals surface area contributed by atoms with E-state index in [1.165, 1.54) is 0 Å². The zero-order valence-electron chi connectivity index (χ0n) is 9.97. The molecule has 92 valence electrons. The molecule has 4 N–H and O–H groups in total. The fraction of sp³-hybridized carbons (Fsp3) is 0.364. The average molecular weight is 235 g/mol. The maximum Gasteiger partial charge on any atom is 0.242 e. The standard InChI is InChI=1S/C11H17N5O/c1-8(2)15-10(17)7-14-11(12)16-9-5-3-4-6-13-9/h3-6,8H,7H2,1-2H3,(H,15,17)(H3,12,13,14,16). The summed E-state index contributed by atoms with van der Waals surface area (Å²) in [5, 5.41) is 5.50. The minimum absolute atomic E-state index is 0.00382. The van der Waals surface area contributed by atoms with E-state index in [9.17, 15) is 4.79 Å². The van der Waals surface area contributed by atoms with Crippen molar-refractivity contribution in [3.8, 4) is 0 Å². The van der Waals surface area contributed by atoms with Crippen LogP contribution in [0.15, 0.2) is 29.4 Å². The largest absolute Gasteiger partial charge is 0.370 e. The van der Waals surface area contributed by atoms with Gasteiger partial charge in [-0.15, -0.1) is 0 Å². The summed E-state index contributed by atoms with van der Waals surface area (Å²) in [5.74, 6) is 0.603. The summed E-state index contributed by atoms with van der Waals surface area (Å²) in [6.45, 7) is 3.78. The van der Waals surface area contributed by atoms with E-state index in [0.717, 1.165) is 0 Å². The second-order valence-electron chi connectivity index (χ2n) is 3.76. The van der Waals surface area contributed by atoms with Gasteiger partial charge < -0.3 is 16.4 Å². The molecular weight excluding hydrogens is 218 g/mol. The second kappa shape index (κ2) is 6.47. The van der Waals surface area contributed by atoms with E-state index in [2.05, 4.69) is 20.6 Å². The van der Waals surface area contributed by atoms with Gasteiger partial charge in [0, 0.05) is 12.2 Å². The Morgan fingerprint density at radius 2 is 2.29 bits per heavy atom. The predicted molar refractivity (Wildman–Crippen MR) is 67.6 cm³/mol.